The molecule has 0 unspecified atom stereocenters. The number of aliphatic carboxylic acids is 3. The van der Waals surface area contributed by atoms with Gasteiger partial charge in [0.15, 0.2) is 0 Å². The maximum absolute atomic E-state index is 9.60. The summed E-state index contributed by atoms with van der Waals surface area (Å²) < 4.78 is 0. The highest BCUT2D eigenvalue weighted by atomic mass is 16.4. The van der Waals surface area contributed by atoms with Gasteiger partial charge < -0.3 is 15.3 Å². The van der Waals surface area contributed by atoms with Gasteiger partial charge in [-0.1, -0.05) is 6.58 Å². The minimum Gasteiger partial charge on any atom is -0.481 e. The van der Waals surface area contributed by atoms with Gasteiger partial charge in [0.05, 0.1) is 0 Å². The number of hydrogen-bond donors (Lipinski definition) is 3. The molecule has 0 aliphatic heterocycles. The molecule has 6 nitrogen and oxygen atoms in total. The van der Waals surface area contributed by atoms with E-state index in [0.717, 1.165) is 13.8 Å². The van der Waals surface area contributed by atoms with E-state index in [1.807, 2.05) is 0 Å². The molecule has 0 rings (SSSR count). The van der Waals surface area contributed by atoms with E-state index in [9.17, 15) is 4.79 Å². The van der Waals surface area contributed by atoms with Crippen molar-refractivity contribution in [3.63, 3.8) is 0 Å². The lowest BCUT2D eigenvalue weighted by atomic mass is 10.4. The Morgan fingerprint density at radius 2 is 0.929 bits per heavy atom. The van der Waals surface area contributed by atoms with Crippen molar-refractivity contribution in [2.75, 3.05) is 0 Å². The van der Waals surface area contributed by atoms with E-state index in [1.54, 1.807) is 0 Å². The average Bonchev–Trinajstić information content (AvgIpc) is 1.83. The summed E-state index contributed by atoms with van der Waals surface area (Å²) in [5, 5.41) is 22.7. The predicted molar refractivity (Wildman–Crippen MR) is 49.1 cm³/mol. The van der Waals surface area contributed by atoms with Crippen LogP contribution >= 0.6 is 0 Å². The highest BCUT2D eigenvalue weighted by Crippen LogP contribution is 1.81. The first-order valence-corrected chi connectivity index (χ1v) is 3.39. The van der Waals surface area contributed by atoms with Gasteiger partial charge in [-0.3, -0.25) is 9.59 Å². The molecule has 0 fully saturated rings. The molecule has 0 saturated carbocycles. The van der Waals surface area contributed by atoms with Crippen LogP contribution in [0.3, 0.4) is 0 Å². The highest BCUT2D eigenvalue weighted by Gasteiger charge is 1.90. The van der Waals surface area contributed by atoms with E-state index in [-0.39, 0.29) is 5.57 Å². The monoisotopic (exact) mass is 206 g/mol. The first-order chi connectivity index (χ1) is 6.11. The summed E-state index contributed by atoms with van der Waals surface area (Å²) in [4.78, 5) is 27.6. The normalized spacial score (nSPS) is 6.79. The van der Waals surface area contributed by atoms with Crippen molar-refractivity contribution < 1.29 is 29.7 Å². The van der Waals surface area contributed by atoms with Crippen molar-refractivity contribution in [3.8, 4) is 0 Å². The van der Waals surface area contributed by atoms with Crippen LogP contribution in [0.5, 0.6) is 0 Å². The quantitative estimate of drug-likeness (QED) is 0.548. The maximum Gasteiger partial charge on any atom is 0.330 e. The lowest BCUT2D eigenvalue weighted by Crippen LogP contribution is -1.92. The molecule has 0 saturated heterocycles. The molecule has 0 heterocycles. The molecule has 0 spiro atoms. The SMILES string of the molecule is C=C(C)C(=O)O.CC(=O)O.CC(=O)O. The third kappa shape index (κ3) is 184. The van der Waals surface area contributed by atoms with Gasteiger partial charge in [-0.05, 0) is 6.92 Å². The van der Waals surface area contributed by atoms with E-state index in [2.05, 4.69) is 6.58 Å². The molecule has 6 heteroatoms. The van der Waals surface area contributed by atoms with E-state index in [4.69, 9.17) is 24.9 Å². The van der Waals surface area contributed by atoms with E-state index in [0.29, 0.717) is 0 Å². The minimum atomic E-state index is -0.935. The van der Waals surface area contributed by atoms with Gasteiger partial charge in [0, 0.05) is 19.4 Å². The predicted octanol–water partition coefficient (Wildman–Crippen LogP) is 0.829. The van der Waals surface area contributed by atoms with E-state index < -0.39 is 17.9 Å². The standard InChI is InChI=1S/C4H6O2.2C2H4O2/c1-3(2)4(5)6;2*1-2(3)4/h1H2,2H3,(H,5,6);2*1H3,(H,3,4). The van der Waals surface area contributed by atoms with Gasteiger partial charge in [-0.25, -0.2) is 4.79 Å². The fourth-order valence-electron chi connectivity index (χ4n) is 0. The van der Waals surface area contributed by atoms with Gasteiger partial charge in [-0.15, -0.1) is 0 Å². The van der Waals surface area contributed by atoms with E-state index in [1.165, 1.54) is 6.92 Å². The van der Waals surface area contributed by atoms with Crippen molar-refractivity contribution >= 4 is 17.9 Å². The third-order valence-electron chi connectivity index (χ3n) is 0.365. The van der Waals surface area contributed by atoms with Crippen molar-refractivity contribution in [2.24, 2.45) is 0 Å². The van der Waals surface area contributed by atoms with Crippen LogP contribution in [0.4, 0.5) is 0 Å². The molecule has 0 radical (unpaired) electrons. The topological polar surface area (TPSA) is 112 Å². The van der Waals surface area contributed by atoms with Crippen LogP contribution in [0, 0.1) is 0 Å². The van der Waals surface area contributed by atoms with Crippen molar-refractivity contribution in [2.45, 2.75) is 20.8 Å². The van der Waals surface area contributed by atoms with Gasteiger partial charge in [0.25, 0.3) is 11.9 Å². The summed E-state index contributed by atoms with van der Waals surface area (Å²) in [5.41, 5.74) is 0.176. The number of carboxylic acid groups (broad SMARTS) is 3. The Kier molecular flexibility index (Phi) is 14.4. The van der Waals surface area contributed by atoms with Gasteiger partial charge >= 0.3 is 5.97 Å². The minimum absolute atomic E-state index is 0.176. The largest absolute Gasteiger partial charge is 0.481 e. The second-order valence-corrected chi connectivity index (χ2v) is 2.12. The fraction of sp³-hybridized carbons (Fsp3) is 0.375. The third-order valence-corrected chi connectivity index (χ3v) is 0.365. The summed E-state index contributed by atoms with van der Waals surface area (Å²) in [6.07, 6.45) is 0. The van der Waals surface area contributed by atoms with Crippen molar-refractivity contribution in [1.29, 1.82) is 0 Å². The van der Waals surface area contributed by atoms with Gasteiger partial charge in [0.2, 0.25) is 0 Å². The van der Waals surface area contributed by atoms with Crippen LogP contribution in [0.15, 0.2) is 12.2 Å². The summed E-state index contributed by atoms with van der Waals surface area (Å²) in [5.74, 6) is -2.60. The first kappa shape index (κ1) is 18.0. The molecule has 0 aliphatic carbocycles. The zero-order chi connectivity index (χ0) is 12.3. The Hall–Kier alpha value is -1.85. The zero-order valence-electron chi connectivity index (χ0n) is 8.27. The smallest absolute Gasteiger partial charge is 0.330 e. The molecule has 0 aromatic rings. The lowest BCUT2D eigenvalue weighted by molar-refractivity contribution is -0.135. The molecule has 0 aliphatic rings. The Morgan fingerprint density at radius 1 is 0.857 bits per heavy atom. The van der Waals surface area contributed by atoms with Crippen LogP contribution in [-0.4, -0.2) is 33.2 Å². The summed E-state index contributed by atoms with van der Waals surface area (Å²) >= 11 is 0. The molecule has 0 bridgehead atoms. The molecule has 0 aromatic carbocycles. The summed E-state index contributed by atoms with van der Waals surface area (Å²) in [7, 11) is 0. The Bertz CT molecular complexity index is 186. The zero-order valence-corrected chi connectivity index (χ0v) is 8.27. The van der Waals surface area contributed by atoms with Crippen LogP contribution in [0.1, 0.15) is 20.8 Å². The molecule has 3 N–H and O–H groups in total. The molecule has 14 heavy (non-hydrogen) atoms. The van der Waals surface area contributed by atoms with Crippen LogP contribution in [0.2, 0.25) is 0 Å². The number of hydrogen-bond acceptors (Lipinski definition) is 3. The average molecular weight is 206 g/mol. The molecular formula is C8H14O6. The first-order valence-electron chi connectivity index (χ1n) is 3.39. The summed E-state index contributed by atoms with van der Waals surface area (Å²) in [6, 6.07) is 0. The van der Waals surface area contributed by atoms with Crippen LogP contribution < -0.4 is 0 Å². The second kappa shape index (κ2) is 11.2. The maximum atomic E-state index is 9.60. The fourth-order valence-corrected chi connectivity index (χ4v) is 0. The molecular weight excluding hydrogens is 192 g/mol. The Labute approximate surface area is 81.5 Å². The molecule has 0 aromatic heterocycles. The second-order valence-electron chi connectivity index (χ2n) is 2.12. The lowest BCUT2D eigenvalue weighted by Gasteiger charge is -1.79. The number of carbonyl (C=O) groups is 3. The van der Waals surface area contributed by atoms with E-state index >= 15 is 0 Å². The van der Waals surface area contributed by atoms with Crippen LogP contribution in [0.25, 0.3) is 0 Å². The number of rotatable bonds is 1. The molecule has 0 atom stereocenters. The molecule has 0 amide bonds. The Morgan fingerprint density at radius 3 is 0.929 bits per heavy atom. The molecule has 82 valence electrons. The van der Waals surface area contributed by atoms with Crippen molar-refractivity contribution in [1.82, 2.24) is 0 Å². The Balaban J connectivity index is -0.000000135. The highest BCUT2D eigenvalue weighted by molar-refractivity contribution is 5.84. The van der Waals surface area contributed by atoms with Gasteiger partial charge in [0.1, 0.15) is 0 Å². The summed E-state index contributed by atoms with van der Waals surface area (Å²) in [6.45, 7) is 6.77. The van der Waals surface area contributed by atoms with Crippen LogP contribution in [-0.2, 0) is 14.4 Å². The van der Waals surface area contributed by atoms with Crippen molar-refractivity contribution in [3.05, 3.63) is 12.2 Å². The number of carboxylic acids is 3. The van der Waals surface area contributed by atoms with Gasteiger partial charge in [-0.2, -0.15) is 0 Å².